The van der Waals surface area contributed by atoms with E-state index < -0.39 is 0 Å². The first-order valence-electron chi connectivity index (χ1n) is 13.5. The van der Waals surface area contributed by atoms with Gasteiger partial charge in [-0.25, -0.2) is 0 Å². The molecule has 4 aliphatic heterocycles. The largest absolute Gasteiger partial charge is 0.380 e. The summed E-state index contributed by atoms with van der Waals surface area (Å²) >= 11 is 0. The number of hydrogen-bond acceptors (Lipinski definition) is 4. The number of carbonyl (C=O) groups excluding carboxylic acids is 2. The Hall–Kier alpha value is -1.92. The highest BCUT2D eigenvalue weighted by atomic mass is 16.5. The molecule has 4 heterocycles. The Bertz CT molecular complexity index is 911. The second-order valence-corrected chi connectivity index (χ2v) is 11.5. The second kappa shape index (κ2) is 8.94. The molecule has 6 heteroatoms. The van der Waals surface area contributed by atoms with Crippen molar-refractivity contribution >= 4 is 11.8 Å². The summed E-state index contributed by atoms with van der Waals surface area (Å²) in [7, 11) is 2.24. The molecule has 0 aromatic heterocycles. The average molecular weight is 466 g/mol. The van der Waals surface area contributed by atoms with Gasteiger partial charge in [-0.1, -0.05) is 30.3 Å². The topological polar surface area (TPSA) is 53.1 Å². The van der Waals surface area contributed by atoms with Crippen LogP contribution in [0.4, 0.5) is 0 Å². The lowest BCUT2D eigenvalue weighted by atomic mass is 9.95. The number of likely N-dealkylation sites (tertiary alicyclic amines) is 1. The molecular formula is C28H39N3O3. The van der Waals surface area contributed by atoms with Crippen LogP contribution >= 0.6 is 0 Å². The fourth-order valence-corrected chi connectivity index (χ4v) is 7.41. The van der Waals surface area contributed by atoms with E-state index in [0.29, 0.717) is 24.4 Å². The number of amides is 2. The van der Waals surface area contributed by atoms with Gasteiger partial charge >= 0.3 is 0 Å². The zero-order chi connectivity index (χ0) is 23.3. The van der Waals surface area contributed by atoms with Gasteiger partial charge < -0.3 is 14.5 Å². The standard InChI is InChI=1S/C28H39N3O3/c1-29(24-12-15-34-19-24)22-8-5-9-26(32)31-23(16-22)10-11-25(31)27(33)30-18-21(17-28(30)13-14-28)20-6-3-2-4-7-20/h2-4,6-7,21-25H,5,8-19H2,1H3/t21-,22+,23-,24?,25+/m1/s1. The Kier molecular flexibility index (Phi) is 5.93. The summed E-state index contributed by atoms with van der Waals surface area (Å²) < 4.78 is 5.64. The van der Waals surface area contributed by atoms with Crippen molar-refractivity contribution in [3.05, 3.63) is 35.9 Å². The molecule has 1 aromatic rings. The number of rotatable bonds is 4. The molecule has 0 bridgehead atoms. The second-order valence-electron chi connectivity index (χ2n) is 11.5. The van der Waals surface area contributed by atoms with Crippen LogP contribution in [0.25, 0.3) is 0 Å². The van der Waals surface area contributed by atoms with E-state index in [1.807, 2.05) is 4.90 Å². The number of nitrogens with zero attached hydrogens (tertiary/aromatic N) is 3. The van der Waals surface area contributed by atoms with Crippen LogP contribution in [-0.4, -0.2) is 83.0 Å². The van der Waals surface area contributed by atoms with E-state index in [9.17, 15) is 9.59 Å². The minimum atomic E-state index is -0.261. The van der Waals surface area contributed by atoms with Gasteiger partial charge in [0.05, 0.1) is 6.61 Å². The van der Waals surface area contributed by atoms with E-state index in [0.717, 1.165) is 77.5 Å². The van der Waals surface area contributed by atoms with Gasteiger partial charge in [-0.15, -0.1) is 0 Å². The van der Waals surface area contributed by atoms with Crippen molar-refractivity contribution in [1.82, 2.24) is 14.7 Å². The first-order chi connectivity index (χ1) is 16.6. The van der Waals surface area contributed by atoms with Gasteiger partial charge in [0.1, 0.15) is 6.04 Å². The fourth-order valence-electron chi connectivity index (χ4n) is 7.41. The quantitative estimate of drug-likeness (QED) is 0.682. The lowest BCUT2D eigenvalue weighted by molar-refractivity contribution is -0.147. The van der Waals surface area contributed by atoms with E-state index in [4.69, 9.17) is 4.74 Å². The van der Waals surface area contributed by atoms with Crippen molar-refractivity contribution < 1.29 is 14.3 Å². The molecule has 6 rings (SSSR count). The minimum absolute atomic E-state index is 0.0483. The van der Waals surface area contributed by atoms with Crippen LogP contribution in [0.5, 0.6) is 0 Å². The van der Waals surface area contributed by atoms with Crippen LogP contribution in [0.2, 0.25) is 0 Å². The summed E-state index contributed by atoms with van der Waals surface area (Å²) in [6, 6.07) is 11.6. The number of ether oxygens (including phenoxy) is 1. The molecule has 5 fully saturated rings. The minimum Gasteiger partial charge on any atom is -0.380 e. The Morgan fingerprint density at radius 3 is 2.65 bits per heavy atom. The maximum absolute atomic E-state index is 14.0. The van der Waals surface area contributed by atoms with Crippen LogP contribution in [0.3, 0.4) is 0 Å². The highest BCUT2D eigenvalue weighted by Gasteiger charge is 2.58. The molecule has 0 N–H and O–H groups in total. The molecule has 184 valence electrons. The van der Waals surface area contributed by atoms with Crippen LogP contribution in [0.1, 0.15) is 75.7 Å². The van der Waals surface area contributed by atoms with Crippen LogP contribution in [0.15, 0.2) is 30.3 Å². The average Bonchev–Trinajstić information content (AvgIpc) is 3.21. The number of likely N-dealkylation sites (N-methyl/N-ethyl adjacent to an activating group) is 1. The Balaban J connectivity index is 1.18. The summed E-state index contributed by atoms with van der Waals surface area (Å²) in [4.78, 5) is 34.1. The Morgan fingerprint density at radius 1 is 1.09 bits per heavy atom. The Labute approximate surface area is 203 Å². The first-order valence-corrected chi connectivity index (χ1v) is 13.5. The molecular weight excluding hydrogens is 426 g/mol. The predicted octanol–water partition coefficient (Wildman–Crippen LogP) is 3.56. The Morgan fingerprint density at radius 2 is 1.91 bits per heavy atom. The molecule has 6 nitrogen and oxygen atoms in total. The summed E-state index contributed by atoms with van der Waals surface area (Å²) in [6.07, 6.45) is 9.71. The molecule has 4 saturated heterocycles. The van der Waals surface area contributed by atoms with Gasteiger partial charge in [-0.05, 0) is 70.4 Å². The van der Waals surface area contributed by atoms with Crippen molar-refractivity contribution in [3.63, 3.8) is 0 Å². The molecule has 5 atom stereocenters. The van der Waals surface area contributed by atoms with Crippen molar-refractivity contribution in [3.8, 4) is 0 Å². The maximum Gasteiger partial charge on any atom is 0.245 e. The van der Waals surface area contributed by atoms with Crippen molar-refractivity contribution in [2.45, 2.75) is 99.8 Å². The number of fused-ring (bicyclic) bond motifs is 1. The third-order valence-corrected chi connectivity index (χ3v) is 9.57. The van der Waals surface area contributed by atoms with E-state index in [2.05, 4.69) is 47.2 Å². The summed E-state index contributed by atoms with van der Waals surface area (Å²) in [5, 5.41) is 0. The summed E-state index contributed by atoms with van der Waals surface area (Å²) in [6.45, 7) is 2.48. The van der Waals surface area contributed by atoms with E-state index >= 15 is 0 Å². The molecule has 34 heavy (non-hydrogen) atoms. The van der Waals surface area contributed by atoms with E-state index in [1.165, 1.54) is 5.56 Å². The maximum atomic E-state index is 14.0. The molecule has 1 unspecified atom stereocenters. The third kappa shape index (κ3) is 3.97. The van der Waals surface area contributed by atoms with E-state index in [1.54, 1.807) is 0 Å². The summed E-state index contributed by atoms with van der Waals surface area (Å²) in [5.41, 5.74) is 1.39. The first kappa shape index (κ1) is 22.5. The van der Waals surface area contributed by atoms with Gasteiger partial charge in [-0.3, -0.25) is 14.5 Å². The van der Waals surface area contributed by atoms with Crippen LogP contribution in [-0.2, 0) is 14.3 Å². The smallest absolute Gasteiger partial charge is 0.245 e. The normalized spacial score (nSPS) is 35.0. The van der Waals surface area contributed by atoms with E-state index in [-0.39, 0.29) is 29.4 Å². The molecule has 5 aliphatic rings. The van der Waals surface area contributed by atoms with Crippen LogP contribution < -0.4 is 0 Å². The van der Waals surface area contributed by atoms with Crippen LogP contribution in [0, 0.1) is 0 Å². The summed E-state index contributed by atoms with van der Waals surface area (Å²) in [5.74, 6) is 0.843. The zero-order valence-corrected chi connectivity index (χ0v) is 20.5. The van der Waals surface area contributed by atoms with Crippen molar-refractivity contribution in [2.24, 2.45) is 0 Å². The monoisotopic (exact) mass is 465 g/mol. The number of carbonyl (C=O) groups is 2. The lowest BCUT2D eigenvalue weighted by Crippen LogP contribution is -2.54. The van der Waals surface area contributed by atoms with Crippen molar-refractivity contribution in [1.29, 1.82) is 0 Å². The van der Waals surface area contributed by atoms with Gasteiger partial charge in [0.25, 0.3) is 0 Å². The SMILES string of the molecule is CN(C1CCOC1)[C@H]1CCCC(=O)N2[C@H](CC[C@H]2C(=O)N2C[C@H](c3ccccc3)CC23CC3)C1. The highest BCUT2D eigenvalue weighted by molar-refractivity contribution is 5.89. The predicted molar refractivity (Wildman–Crippen MR) is 130 cm³/mol. The number of benzene rings is 1. The molecule has 1 spiro atoms. The van der Waals surface area contributed by atoms with Gasteiger partial charge in [-0.2, -0.15) is 0 Å². The van der Waals surface area contributed by atoms with Crippen molar-refractivity contribution in [2.75, 3.05) is 26.8 Å². The molecule has 2 amide bonds. The molecule has 1 aromatic carbocycles. The van der Waals surface area contributed by atoms with Gasteiger partial charge in [0.2, 0.25) is 11.8 Å². The molecule has 0 radical (unpaired) electrons. The van der Waals surface area contributed by atoms with Gasteiger partial charge in [0, 0.05) is 49.2 Å². The third-order valence-electron chi connectivity index (χ3n) is 9.57. The molecule has 1 aliphatic carbocycles. The highest BCUT2D eigenvalue weighted by Crippen LogP contribution is 2.54. The zero-order valence-electron chi connectivity index (χ0n) is 20.5. The number of hydrogen-bond donors (Lipinski definition) is 0. The fraction of sp³-hybridized carbons (Fsp3) is 0.714. The lowest BCUT2D eigenvalue weighted by Gasteiger charge is -2.40. The molecule has 1 saturated carbocycles. The van der Waals surface area contributed by atoms with Gasteiger partial charge in [0.15, 0.2) is 0 Å².